The normalized spacial score (nSPS) is 23.1. The molecule has 0 bridgehead atoms. The van der Waals surface area contributed by atoms with Gasteiger partial charge in [0.25, 0.3) is 0 Å². The molecule has 3 rings (SSSR count). The number of ether oxygens (including phenoxy) is 1. The summed E-state index contributed by atoms with van der Waals surface area (Å²) in [5.41, 5.74) is 1.40. The van der Waals surface area contributed by atoms with Crippen LogP contribution in [0.2, 0.25) is 0 Å². The highest BCUT2D eigenvalue weighted by Gasteiger charge is 2.50. The molecule has 2 aromatic carbocycles. The maximum absolute atomic E-state index is 13.1. The number of esters is 1. The van der Waals surface area contributed by atoms with E-state index in [1.54, 1.807) is 18.2 Å². The van der Waals surface area contributed by atoms with Gasteiger partial charge in [0.2, 0.25) is 0 Å². The van der Waals surface area contributed by atoms with Crippen molar-refractivity contribution in [3.63, 3.8) is 0 Å². The third-order valence-electron chi connectivity index (χ3n) is 5.81. The molecule has 1 heterocycles. The number of carbonyl (C=O) groups excluding carboxylic acids is 1. The zero-order valence-electron chi connectivity index (χ0n) is 16.2. The van der Waals surface area contributed by atoms with Crippen molar-refractivity contribution in [2.45, 2.75) is 44.6 Å². The predicted octanol–water partition coefficient (Wildman–Crippen LogP) is 3.92. The van der Waals surface area contributed by atoms with Crippen molar-refractivity contribution in [2.24, 2.45) is 0 Å². The Labute approximate surface area is 161 Å². The molecule has 4 nitrogen and oxygen atoms in total. The molecule has 0 radical (unpaired) electrons. The molecule has 144 valence electrons. The van der Waals surface area contributed by atoms with Gasteiger partial charge >= 0.3 is 5.97 Å². The molecule has 1 aliphatic rings. The summed E-state index contributed by atoms with van der Waals surface area (Å²) in [7, 11) is 0. The van der Waals surface area contributed by atoms with Crippen LogP contribution in [0.5, 0.6) is 5.75 Å². The highest BCUT2D eigenvalue weighted by molar-refractivity contribution is 5.84. The third kappa shape index (κ3) is 4.01. The van der Waals surface area contributed by atoms with Crippen LogP contribution in [0.3, 0.4) is 0 Å². The van der Waals surface area contributed by atoms with E-state index < -0.39 is 5.41 Å². The average molecular weight is 367 g/mol. The molecular weight excluding hydrogens is 338 g/mol. The van der Waals surface area contributed by atoms with Gasteiger partial charge in [-0.15, -0.1) is 0 Å². The van der Waals surface area contributed by atoms with Gasteiger partial charge in [0.1, 0.15) is 11.2 Å². The number of aromatic hydroxyl groups is 1. The van der Waals surface area contributed by atoms with Gasteiger partial charge in [0.15, 0.2) is 0 Å². The predicted molar refractivity (Wildman–Crippen MR) is 107 cm³/mol. The van der Waals surface area contributed by atoms with Gasteiger partial charge in [-0.1, -0.05) is 42.5 Å². The smallest absolute Gasteiger partial charge is 0.318 e. The summed E-state index contributed by atoms with van der Waals surface area (Å²) >= 11 is 0. The van der Waals surface area contributed by atoms with E-state index in [4.69, 9.17) is 4.74 Å². The zero-order valence-corrected chi connectivity index (χ0v) is 16.2. The third-order valence-corrected chi connectivity index (χ3v) is 5.81. The standard InChI is InChI=1S/C23H29NO3/c1-3-27-22(26)23(20-11-7-12-21(25)17-20)14-8-15-24(18(23)2)16-13-19-9-5-4-6-10-19/h4-7,9-12,17-18,25H,3,8,13-16H2,1-2H3/t18-,23+/m0/s1. The second kappa shape index (κ2) is 8.57. The van der Waals surface area contributed by atoms with Crippen molar-refractivity contribution < 1.29 is 14.6 Å². The number of hydrogen-bond donors (Lipinski definition) is 1. The molecule has 1 saturated heterocycles. The van der Waals surface area contributed by atoms with E-state index in [1.807, 2.05) is 19.1 Å². The fourth-order valence-electron chi connectivity index (χ4n) is 4.32. The van der Waals surface area contributed by atoms with Crippen LogP contribution in [-0.2, 0) is 21.4 Å². The van der Waals surface area contributed by atoms with Crippen LogP contribution in [0, 0.1) is 0 Å². The monoisotopic (exact) mass is 367 g/mol. The first-order valence-electron chi connectivity index (χ1n) is 9.82. The van der Waals surface area contributed by atoms with Crippen molar-refractivity contribution in [1.82, 2.24) is 4.90 Å². The largest absolute Gasteiger partial charge is 0.508 e. The van der Waals surface area contributed by atoms with Gasteiger partial charge < -0.3 is 9.84 Å². The molecule has 0 amide bonds. The first-order valence-corrected chi connectivity index (χ1v) is 9.82. The molecule has 2 aromatic rings. The minimum atomic E-state index is -0.746. The van der Waals surface area contributed by atoms with Crippen LogP contribution in [0.15, 0.2) is 54.6 Å². The molecule has 0 aliphatic carbocycles. The summed E-state index contributed by atoms with van der Waals surface area (Å²) in [5.74, 6) is -0.00251. The number of phenols is 1. The van der Waals surface area contributed by atoms with Crippen molar-refractivity contribution in [2.75, 3.05) is 19.7 Å². The highest BCUT2D eigenvalue weighted by atomic mass is 16.5. The van der Waals surface area contributed by atoms with Gasteiger partial charge in [-0.05, 0) is 62.9 Å². The lowest BCUT2D eigenvalue weighted by molar-refractivity contribution is -0.155. The lowest BCUT2D eigenvalue weighted by Crippen LogP contribution is -2.58. The molecule has 4 heteroatoms. The van der Waals surface area contributed by atoms with Crippen molar-refractivity contribution in [1.29, 1.82) is 0 Å². The number of carbonyl (C=O) groups is 1. The summed E-state index contributed by atoms with van der Waals surface area (Å²) in [6.07, 6.45) is 2.61. The molecule has 2 atom stereocenters. The van der Waals surface area contributed by atoms with Gasteiger partial charge in [-0.25, -0.2) is 0 Å². The molecule has 1 aliphatic heterocycles. The maximum Gasteiger partial charge on any atom is 0.318 e. The maximum atomic E-state index is 13.1. The van der Waals surface area contributed by atoms with Crippen LogP contribution >= 0.6 is 0 Å². The molecule has 27 heavy (non-hydrogen) atoms. The van der Waals surface area contributed by atoms with Gasteiger partial charge in [0.05, 0.1) is 6.61 Å². The molecule has 1 fully saturated rings. The Morgan fingerprint density at radius 2 is 2.00 bits per heavy atom. The van der Waals surface area contributed by atoms with Crippen molar-refractivity contribution in [3.05, 3.63) is 65.7 Å². The minimum Gasteiger partial charge on any atom is -0.508 e. The van der Waals surface area contributed by atoms with E-state index in [1.165, 1.54) is 5.56 Å². The van der Waals surface area contributed by atoms with E-state index in [-0.39, 0.29) is 17.8 Å². The SMILES string of the molecule is CCOC(=O)[C@]1(c2cccc(O)c2)CCCN(CCc2ccccc2)[C@H]1C. The van der Waals surface area contributed by atoms with E-state index in [9.17, 15) is 9.90 Å². The number of piperidine rings is 1. The quantitative estimate of drug-likeness (QED) is 0.786. The lowest BCUT2D eigenvalue weighted by atomic mass is 9.68. The number of rotatable bonds is 6. The Bertz CT molecular complexity index is 761. The summed E-state index contributed by atoms with van der Waals surface area (Å²) in [4.78, 5) is 15.5. The Morgan fingerprint density at radius 3 is 2.70 bits per heavy atom. The summed E-state index contributed by atoms with van der Waals surface area (Å²) in [5, 5.41) is 10.0. The molecular formula is C23H29NO3. The molecule has 1 N–H and O–H groups in total. The molecule has 0 aromatic heterocycles. The fourth-order valence-corrected chi connectivity index (χ4v) is 4.32. The Hall–Kier alpha value is -2.33. The summed E-state index contributed by atoms with van der Waals surface area (Å²) in [6.45, 7) is 6.18. The molecule has 0 spiro atoms. The first kappa shape index (κ1) is 19.4. The second-order valence-corrected chi connectivity index (χ2v) is 7.29. The highest BCUT2D eigenvalue weighted by Crippen LogP contribution is 2.41. The van der Waals surface area contributed by atoms with Crippen LogP contribution in [0.4, 0.5) is 0 Å². The fraction of sp³-hybridized carbons (Fsp3) is 0.435. The zero-order chi connectivity index (χ0) is 19.3. The molecule has 0 unspecified atom stereocenters. The van der Waals surface area contributed by atoms with Crippen molar-refractivity contribution >= 4 is 5.97 Å². The molecule has 0 saturated carbocycles. The van der Waals surface area contributed by atoms with Gasteiger partial charge in [0, 0.05) is 12.6 Å². The summed E-state index contributed by atoms with van der Waals surface area (Å²) < 4.78 is 5.51. The van der Waals surface area contributed by atoms with Crippen LogP contribution < -0.4 is 0 Å². The number of nitrogens with zero attached hydrogens (tertiary/aromatic N) is 1. The topological polar surface area (TPSA) is 49.8 Å². The van der Waals surface area contributed by atoms with Crippen LogP contribution in [0.25, 0.3) is 0 Å². The second-order valence-electron chi connectivity index (χ2n) is 7.29. The van der Waals surface area contributed by atoms with Gasteiger partial charge in [-0.2, -0.15) is 0 Å². The Kier molecular flexibility index (Phi) is 6.17. The van der Waals surface area contributed by atoms with E-state index in [0.29, 0.717) is 6.61 Å². The Balaban J connectivity index is 1.89. The number of hydrogen-bond acceptors (Lipinski definition) is 4. The van der Waals surface area contributed by atoms with E-state index >= 15 is 0 Å². The number of likely N-dealkylation sites (tertiary alicyclic amines) is 1. The Morgan fingerprint density at radius 1 is 1.22 bits per heavy atom. The first-order chi connectivity index (χ1) is 13.1. The number of benzene rings is 2. The van der Waals surface area contributed by atoms with Crippen LogP contribution in [0.1, 0.15) is 37.8 Å². The minimum absolute atomic E-state index is 0.00388. The van der Waals surface area contributed by atoms with Crippen LogP contribution in [-0.4, -0.2) is 41.7 Å². The van der Waals surface area contributed by atoms with E-state index in [2.05, 4.69) is 36.1 Å². The number of phenolic OH excluding ortho intramolecular Hbond substituents is 1. The van der Waals surface area contributed by atoms with E-state index in [0.717, 1.165) is 37.9 Å². The van der Waals surface area contributed by atoms with Gasteiger partial charge in [-0.3, -0.25) is 9.69 Å². The summed E-state index contributed by atoms with van der Waals surface area (Å²) in [6, 6.07) is 17.5. The van der Waals surface area contributed by atoms with Crippen molar-refractivity contribution in [3.8, 4) is 5.75 Å². The lowest BCUT2D eigenvalue weighted by Gasteiger charge is -2.47. The average Bonchev–Trinajstić information content (AvgIpc) is 2.68.